The van der Waals surface area contributed by atoms with Crippen LogP contribution in [0.1, 0.15) is 61.4 Å². The molecular formula is C35H39NO5Se. The summed E-state index contributed by atoms with van der Waals surface area (Å²) < 4.78 is 34.5. The standard InChI is InChI=1S/C35H39NO5Se/c1-3-11-24(12-4-1)33-38-22-27-31(40-33)32-28(23-39-34(41-32)25-13-5-2-6-14-25)36(27)21-26-15-7-8-16-29(26)42-35-18-10-9-17-30(35)37-20-19-35/h1-8,11-16,27-28,30-34H,9-10,17-23H2/t27-,28-,30-,31+,32+,33+,34+,35+/m0/s1. The number of hydrogen-bond acceptors (Lipinski definition) is 6. The number of fused-ring (bicyclic) bond motifs is 4. The van der Waals surface area contributed by atoms with Crippen molar-refractivity contribution in [3.63, 3.8) is 0 Å². The van der Waals surface area contributed by atoms with Crippen LogP contribution in [0.3, 0.4) is 0 Å². The molecule has 0 N–H and O–H groups in total. The summed E-state index contributed by atoms with van der Waals surface area (Å²) >= 11 is 0.361. The molecule has 0 bridgehead atoms. The maximum absolute atomic E-state index is 6.77. The van der Waals surface area contributed by atoms with Crippen LogP contribution in [-0.4, -0.2) is 70.1 Å². The molecule has 5 aliphatic rings. The number of nitrogens with zero attached hydrogens (tertiary/aromatic N) is 1. The molecule has 220 valence electrons. The van der Waals surface area contributed by atoms with E-state index in [1.165, 1.54) is 42.1 Å². The van der Waals surface area contributed by atoms with Gasteiger partial charge in [-0.1, -0.05) is 0 Å². The maximum atomic E-state index is 6.77. The van der Waals surface area contributed by atoms with Crippen molar-refractivity contribution in [1.82, 2.24) is 4.90 Å². The van der Waals surface area contributed by atoms with Gasteiger partial charge in [0.2, 0.25) is 0 Å². The van der Waals surface area contributed by atoms with E-state index in [0.717, 1.165) is 24.3 Å². The molecule has 5 fully saturated rings. The van der Waals surface area contributed by atoms with E-state index < -0.39 is 12.6 Å². The Labute approximate surface area is 254 Å². The quantitative estimate of drug-likeness (QED) is 0.343. The van der Waals surface area contributed by atoms with Gasteiger partial charge >= 0.3 is 255 Å². The summed E-state index contributed by atoms with van der Waals surface area (Å²) in [4.78, 5) is 2.56. The van der Waals surface area contributed by atoms with E-state index in [1.54, 1.807) is 0 Å². The molecule has 4 heterocycles. The zero-order valence-electron chi connectivity index (χ0n) is 23.9. The van der Waals surface area contributed by atoms with Crippen molar-refractivity contribution in [1.29, 1.82) is 0 Å². The minimum atomic E-state index is -0.394. The van der Waals surface area contributed by atoms with E-state index in [9.17, 15) is 0 Å². The molecule has 0 amide bonds. The predicted molar refractivity (Wildman–Crippen MR) is 160 cm³/mol. The molecule has 6 nitrogen and oxygen atoms in total. The van der Waals surface area contributed by atoms with Crippen molar-refractivity contribution in [2.45, 2.75) is 85.9 Å². The Hall–Kier alpha value is -2.06. The van der Waals surface area contributed by atoms with Gasteiger partial charge in [-0.3, -0.25) is 0 Å². The summed E-state index contributed by atoms with van der Waals surface area (Å²) in [6, 6.07) is 29.8. The monoisotopic (exact) mass is 633 g/mol. The molecule has 42 heavy (non-hydrogen) atoms. The summed E-state index contributed by atoms with van der Waals surface area (Å²) in [5, 5.41) is 0. The Balaban J connectivity index is 1.08. The molecule has 8 rings (SSSR count). The fraction of sp³-hybridized carbons (Fsp3) is 0.486. The Morgan fingerprint density at radius 2 is 1.31 bits per heavy atom. The molecule has 8 atom stereocenters. The summed E-state index contributed by atoms with van der Waals surface area (Å²) in [5.41, 5.74) is 3.51. The third kappa shape index (κ3) is 5.08. The van der Waals surface area contributed by atoms with Crippen LogP contribution in [0.2, 0.25) is 4.31 Å². The first-order chi connectivity index (χ1) is 20.8. The predicted octanol–water partition coefficient (Wildman–Crippen LogP) is 5.32. The Morgan fingerprint density at radius 1 is 0.690 bits per heavy atom. The molecule has 1 aliphatic carbocycles. The second-order valence-corrected chi connectivity index (χ2v) is 15.3. The second kappa shape index (κ2) is 11.8. The molecule has 1 saturated carbocycles. The molecule has 0 spiro atoms. The summed E-state index contributed by atoms with van der Waals surface area (Å²) in [5.74, 6) is 0. The van der Waals surface area contributed by atoms with Gasteiger partial charge in [-0.15, -0.1) is 0 Å². The van der Waals surface area contributed by atoms with Gasteiger partial charge in [0, 0.05) is 0 Å². The van der Waals surface area contributed by atoms with Crippen molar-refractivity contribution in [3.8, 4) is 0 Å². The molecule has 7 heteroatoms. The summed E-state index contributed by atoms with van der Waals surface area (Å²) in [7, 11) is 0. The zero-order chi connectivity index (χ0) is 27.9. The molecule has 0 radical (unpaired) electrons. The van der Waals surface area contributed by atoms with Crippen LogP contribution in [0.15, 0.2) is 84.9 Å². The SMILES string of the molecule is c1ccc([C@@H]2OC[C@H]3[C@@H](O2)[C@@H]2O[C@H](c4ccccc4)OC[C@@H]2N3Cc2ccccc2[Se][C@@]23CCCC[C@@H]2OCC3)cc1. The first-order valence-corrected chi connectivity index (χ1v) is 17.3. The Morgan fingerprint density at radius 3 is 1.98 bits per heavy atom. The van der Waals surface area contributed by atoms with Gasteiger partial charge in [0.05, 0.1) is 0 Å². The molecular weight excluding hydrogens is 593 g/mol. The van der Waals surface area contributed by atoms with Crippen molar-refractivity contribution < 1.29 is 23.7 Å². The van der Waals surface area contributed by atoms with Gasteiger partial charge < -0.3 is 0 Å². The Bertz CT molecular complexity index is 1300. The molecule has 0 unspecified atom stereocenters. The van der Waals surface area contributed by atoms with Gasteiger partial charge in [0.1, 0.15) is 0 Å². The van der Waals surface area contributed by atoms with E-state index in [1.807, 2.05) is 36.4 Å². The van der Waals surface area contributed by atoms with E-state index in [2.05, 4.69) is 53.4 Å². The number of hydrogen-bond donors (Lipinski definition) is 0. The van der Waals surface area contributed by atoms with E-state index >= 15 is 0 Å². The van der Waals surface area contributed by atoms with Gasteiger partial charge in [-0.25, -0.2) is 0 Å². The molecule has 3 aromatic carbocycles. The van der Waals surface area contributed by atoms with Crippen molar-refractivity contribution in [2.75, 3.05) is 19.8 Å². The fourth-order valence-electron chi connectivity index (χ4n) is 7.71. The topological polar surface area (TPSA) is 49.4 Å². The van der Waals surface area contributed by atoms with Gasteiger partial charge in [0.25, 0.3) is 0 Å². The molecule has 4 aliphatic heterocycles. The average molecular weight is 633 g/mol. The second-order valence-electron chi connectivity index (χ2n) is 12.3. The van der Waals surface area contributed by atoms with Crippen molar-refractivity contribution in [3.05, 3.63) is 102 Å². The van der Waals surface area contributed by atoms with Crippen LogP contribution in [0.25, 0.3) is 0 Å². The first-order valence-electron chi connectivity index (χ1n) is 15.6. The minimum absolute atomic E-state index is 0.0917. The fourth-order valence-corrected chi connectivity index (χ4v) is 11.1. The van der Waals surface area contributed by atoms with Gasteiger partial charge in [0.15, 0.2) is 0 Å². The van der Waals surface area contributed by atoms with E-state index in [0.29, 0.717) is 38.6 Å². The van der Waals surface area contributed by atoms with E-state index in [-0.39, 0.29) is 24.3 Å². The van der Waals surface area contributed by atoms with Crippen molar-refractivity contribution in [2.24, 2.45) is 0 Å². The number of benzene rings is 3. The summed E-state index contributed by atoms with van der Waals surface area (Å²) in [6.07, 6.45) is 5.80. The van der Waals surface area contributed by atoms with Crippen LogP contribution in [0.5, 0.6) is 0 Å². The normalized spacial score (nSPS) is 36.2. The van der Waals surface area contributed by atoms with Gasteiger partial charge in [-0.05, 0) is 0 Å². The van der Waals surface area contributed by atoms with Crippen LogP contribution >= 0.6 is 0 Å². The molecule has 0 aromatic heterocycles. The number of likely N-dealkylation sites (tertiary alicyclic amines) is 1. The zero-order valence-corrected chi connectivity index (χ0v) is 25.6. The van der Waals surface area contributed by atoms with Crippen molar-refractivity contribution >= 4 is 19.4 Å². The van der Waals surface area contributed by atoms with Crippen LogP contribution in [-0.2, 0) is 30.2 Å². The first kappa shape index (κ1) is 27.5. The number of rotatable bonds is 6. The number of ether oxygens (including phenoxy) is 5. The third-order valence-corrected chi connectivity index (χ3v) is 13.4. The van der Waals surface area contributed by atoms with Crippen LogP contribution in [0, 0.1) is 0 Å². The third-order valence-electron chi connectivity index (χ3n) is 9.86. The molecule has 3 aromatic rings. The van der Waals surface area contributed by atoms with Gasteiger partial charge in [-0.2, -0.15) is 0 Å². The van der Waals surface area contributed by atoms with E-state index in [4.69, 9.17) is 23.7 Å². The van der Waals surface area contributed by atoms with Crippen LogP contribution < -0.4 is 4.46 Å². The summed E-state index contributed by atoms with van der Waals surface area (Å²) in [6.45, 7) is 2.96. The molecule has 4 saturated heterocycles. The average Bonchev–Trinajstić information content (AvgIpc) is 3.61. The Kier molecular flexibility index (Phi) is 7.72. The van der Waals surface area contributed by atoms with Crippen LogP contribution in [0.4, 0.5) is 0 Å².